The molecule has 3 aromatic rings. The predicted molar refractivity (Wildman–Crippen MR) is 110 cm³/mol. The van der Waals surface area contributed by atoms with Crippen LogP contribution in [0.5, 0.6) is 0 Å². The summed E-state index contributed by atoms with van der Waals surface area (Å²) < 4.78 is 0. The number of fused-ring (bicyclic) bond motifs is 1. The number of aryl methyl sites for hydroxylation is 1. The van der Waals surface area contributed by atoms with Gasteiger partial charge in [0.2, 0.25) is 5.91 Å². The number of nitrogens with one attached hydrogen (secondary N) is 2. The fourth-order valence-electron chi connectivity index (χ4n) is 3.79. The van der Waals surface area contributed by atoms with Crippen LogP contribution in [0.2, 0.25) is 0 Å². The number of benzene rings is 2. The molecule has 0 radical (unpaired) electrons. The molecule has 4 rings (SSSR count). The second-order valence-electron chi connectivity index (χ2n) is 7.39. The maximum Gasteiger partial charge on any atom is 0.270 e. The number of amides is 2. The Morgan fingerprint density at radius 3 is 2.46 bits per heavy atom. The first-order valence-corrected chi connectivity index (χ1v) is 9.89. The predicted octanol–water partition coefficient (Wildman–Crippen LogP) is 3.52. The zero-order valence-corrected chi connectivity index (χ0v) is 15.9. The van der Waals surface area contributed by atoms with E-state index in [2.05, 4.69) is 10.3 Å². The van der Waals surface area contributed by atoms with Crippen LogP contribution in [0.15, 0.2) is 60.7 Å². The van der Waals surface area contributed by atoms with Gasteiger partial charge in [0.15, 0.2) is 0 Å². The molecular weight excluding hydrogens is 350 g/mol. The van der Waals surface area contributed by atoms with Gasteiger partial charge in [0.25, 0.3) is 5.91 Å². The molecule has 1 aromatic heterocycles. The van der Waals surface area contributed by atoms with Gasteiger partial charge in [-0.2, -0.15) is 0 Å². The molecule has 1 aliphatic rings. The molecule has 0 atom stereocenters. The van der Waals surface area contributed by atoms with Crippen molar-refractivity contribution in [1.29, 1.82) is 0 Å². The molecule has 5 heteroatoms. The summed E-state index contributed by atoms with van der Waals surface area (Å²) in [6.07, 6.45) is 2.84. The first kappa shape index (κ1) is 18.3. The zero-order chi connectivity index (χ0) is 19.3. The third kappa shape index (κ3) is 4.25. The van der Waals surface area contributed by atoms with Crippen LogP contribution < -0.4 is 5.32 Å². The molecule has 1 aliphatic heterocycles. The van der Waals surface area contributed by atoms with Gasteiger partial charge in [0.1, 0.15) is 5.69 Å². The third-order valence-electron chi connectivity index (χ3n) is 5.39. The second kappa shape index (κ2) is 8.30. The van der Waals surface area contributed by atoms with Crippen LogP contribution in [0.4, 0.5) is 0 Å². The zero-order valence-electron chi connectivity index (χ0n) is 15.9. The number of carbonyl (C=O) groups is 2. The molecule has 0 saturated carbocycles. The number of carbonyl (C=O) groups excluding carboxylic acids is 2. The Bertz CT molecular complexity index is 923. The van der Waals surface area contributed by atoms with E-state index in [4.69, 9.17) is 0 Å². The van der Waals surface area contributed by atoms with Crippen molar-refractivity contribution in [2.24, 2.45) is 0 Å². The highest BCUT2D eigenvalue weighted by molar-refractivity contribution is 5.98. The molecule has 1 fully saturated rings. The Morgan fingerprint density at radius 2 is 1.71 bits per heavy atom. The summed E-state index contributed by atoms with van der Waals surface area (Å²) in [5.74, 6) is 0.120. The van der Waals surface area contributed by atoms with Crippen molar-refractivity contribution in [1.82, 2.24) is 15.2 Å². The summed E-state index contributed by atoms with van der Waals surface area (Å²) in [4.78, 5) is 30.1. The van der Waals surface area contributed by atoms with Crippen molar-refractivity contribution in [3.63, 3.8) is 0 Å². The first-order valence-electron chi connectivity index (χ1n) is 9.89. The standard InChI is InChI=1S/C23H25N3O2/c27-22(11-10-17-6-2-1-3-7-17)24-19-12-14-26(15-13-19)23(28)21-16-18-8-4-5-9-20(18)25-21/h1-9,16,19,25H,10-15H2,(H,24,27). The molecule has 0 aliphatic carbocycles. The van der Waals surface area contributed by atoms with E-state index in [1.54, 1.807) is 0 Å². The Balaban J connectivity index is 1.26. The number of nitrogens with zero attached hydrogens (tertiary/aromatic N) is 1. The van der Waals surface area contributed by atoms with E-state index in [1.807, 2.05) is 65.6 Å². The van der Waals surface area contributed by atoms with Gasteiger partial charge in [-0.15, -0.1) is 0 Å². The van der Waals surface area contributed by atoms with Gasteiger partial charge in [-0.3, -0.25) is 9.59 Å². The largest absolute Gasteiger partial charge is 0.353 e. The van der Waals surface area contributed by atoms with Gasteiger partial charge in [-0.05, 0) is 37.0 Å². The van der Waals surface area contributed by atoms with Crippen molar-refractivity contribution in [2.45, 2.75) is 31.7 Å². The van der Waals surface area contributed by atoms with Gasteiger partial charge >= 0.3 is 0 Å². The van der Waals surface area contributed by atoms with Crippen LogP contribution in [0.1, 0.15) is 35.3 Å². The lowest BCUT2D eigenvalue weighted by Crippen LogP contribution is -2.46. The Morgan fingerprint density at radius 1 is 1.00 bits per heavy atom. The SMILES string of the molecule is O=C(CCc1ccccc1)NC1CCN(C(=O)c2cc3ccccc3[nH]2)CC1. The maximum absolute atomic E-state index is 12.8. The summed E-state index contributed by atoms with van der Waals surface area (Å²) in [7, 11) is 0. The van der Waals surface area contributed by atoms with Crippen LogP contribution in [0, 0.1) is 0 Å². The fourth-order valence-corrected chi connectivity index (χ4v) is 3.79. The highest BCUT2D eigenvalue weighted by Gasteiger charge is 2.25. The van der Waals surface area contributed by atoms with Gasteiger partial charge in [0.05, 0.1) is 0 Å². The molecule has 1 saturated heterocycles. The van der Waals surface area contributed by atoms with E-state index >= 15 is 0 Å². The molecule has 28 heavy (non-hydrogen) atoms. The van der Waals surface area contributed by atoms with Crippen LogP contribution in [-0.2, 0) is 11.2 Å². The summed E-state index contributed by atoms with van der Waals surface area (Å²) in [6, 6.07) is 20.0. The lowest BCUT2D eigenvalue weighted by molar-refractivity contribution is -0.122. The van der Waals surface area contributed by atoms with Gasteiger partial charge < -0.3 is 15.2 Å². The topological polar surface area (TPSA) is 65.2 Å². The smallest absolute Gasteiger partial charge is 0.270 e. The second-order valence-corrected chi connectivity index (χ2v) is 7.39. The quantitative estimate of drug-likeness (QED) is 0.717. The van der Waals surface area contributed by atoms with Crippen LogP contribution in [0.3, 0.4) is 0 Å². The van der Waals surface area contributed by atoms with Crippen molar-refractivity contribution >= 4 is 22.7 Å². The van der Waals surface area contributed by atoms with E-state index in [0.717, 1.165) is 30.2 Å². The van der Waals surface area contributed by atoms with Crippen molar-refractivity contribution in [3.8, 4) is 0 Å². The third-order valence-corrected chi connectivity index (χ3v) is 5.39. The van der Waals surface area contributed by atoms with E-state index < -0.39 is 0 Å². The summed E-state index contributed by atoms with van der Waals surface area (Å²) >= 11 is 0. The molecule has 0 bridgehead atoms. The Kier molecular flexibility index (Phi) is 5.42. The van der Waals surface area contributed by atoms with Crippen molar-refractivity contribution in [2.75, 3.05) is 13.1 Å². The number of rotatable bonds is 5. The van der Waals surface area contributed by atoms with Crippen molar-refractivity contribution in [3.05, 3.63) is 71.9 Å². The fraction of sp³-hybridized carbons (Fsp3) is 0.304. The van der Waals surface area contributed by atoms with E-state index in [1.165, 1.54) is 5.56 Å². The van der Waals surface area contributed by atoms with E-state index in [0.29, 0.717) is 25.2 Å². The normalized spacial score (nSPS) is 14.9. The van der Waals surface area contributed by atoms with Crippen LogP contribution in [0.25, 0.3) is 10.9 Å². The number of hydrogen-bond acceptors (Lipinski definition) is 2. The number of aromatic nitrogens is 1. The summed E-state index contributed by atoms with van der Waals surface area (Å²) in [5.41, 5.74) is 2.79. The van der Waals surface area contributed by atoms with Gasteiger partial charge in [-0.25, -0.2) is 0 Å². The monoisotopic (exact) mass is 375 g/mol. The average Bonchev–Trinajstić information content (AvgIpc) is 3.17. The number of para-hydroxylation sites is 1. The number of hydrogen-bond donors (Lipinski definition) is 2. The minimum Gasteiger partial charge on any atom is -0.353 e. The maximum atomic E-state index is 12.8. The Labute approximate surface area is 164 Å². The minimum absolute atomic E-state index is 0.0325. The highest BCUT2D eigenvalue weighted by atomic mass is 16.2. The first-order chi connectivity index (χ1) is 13.7. The summed E-state index contributed by atoms with van der Waals surface area (Å²) in [6.45, 7) is 1.33. The molecule has 144 valence electrons. The highest BCUT2D eigenvalue weighted by Crippen LogP contribution is 2.18. The molecule has 2 aromatic carbocycles. The average molecular weight is 375 g/mol. The van der Waals surface area contributed by atoms with Gasteiger partial charge in [-0.1, -0.05) is 48.5 Å². The molecule has 2 N–H and O–H groups in total. The van der Waals surface area contributed by atoms with Gasteiger partial charge in [0, 0.05) is 36.5 Å². The van der Waals surface area contributed by atoms with Crippen molar-refractivity contribution < 1.29 is 9.59 Å². The number of H-pyrrole nitrogens is 1. The lowest BCUT2D eigenvalue weighted by Gasteiger charge is -2.32. The minimum atomic E-state index is 0.0325. The number of piperidine rings is 1. The number of likely N-dealkylation sites (tertiary alicyclic amines) is 1. The van der Waals surface area contributed by atoms with E-state index in [9.17, 15) is 9.59 Å². The summed E-state index contributed by atoms with van der Waals surface area (Å²) in [5, 5.41) is 4.17. The van der Waals surface area contributed by atoms with E-state index in [-0.39, 0.29) is 17.9 Å². The molecular formula is C23H25N3O2. The molecule has 0 unspecified atom stereocenters. The Hall–Kier alpha value is -3.08. The van der Waals surface area contributed by atoms with Crippen LogP contribution >= 0.6 is 0 Å². The molecule has 5 nitrogen and oxygen atoms in total. The molecule has 2 heterocycles. The lowest BCUT2D eigenvalue weighted by atomic mass is 10.0. The van der Waals surface area contributed by atoms with Crippen LogP contribution in [-0.4, -0.2) is 40.8 Å². The molecule has 0 spiro atoms. The molecule has 2 amide bonds. The number of aromatic amines is 1.